The van der Waals surface area contributed by atoms with Gasteiger partial charge >= 0.3 is 0 Å². The van der Waals surface area contributed by atoms with Gasteiger partial charge in [0.1, 0.15) is 5.75 Å². The lowest BCUT2D eigenvalue weighted by molar-refractivity contribution is 0.414. The molecule has 0 aliphatic heterocycles. The standard InChI is InChI=1S/C13H16N2OS/c1-9-6-11(16-3)4-5-12(9)15-10(2)13-7-17-8-14-13/h4-8,10,15H,1-3H3. The summed E-state index contributed by atoms with van der Waals surface area (Å²) < 4.78 is 5.19. The quantitative estimate of drug-likeness (QED) is 0.897. The molecule has 0 amide bonds. The molecule has 0 bridgehead atoms. The lowest BCUT2D eigenvalue weighted by atomic mass is 10.1. The van der Waals surface area contributed by atoms with Crippen molar-refractivity contribution in [1.82, 2.24) is 4.98 Å². The second-order valence-corrected chi connectivity index (χ2v) is 4.68. The van der Waals surface area contributed by atoms with Gasteiger partial charge in [0.2, 0.25) is 0 Å². The first kappa shape index (κ1) is 11.9. The van der Waals surface area contributed by atoms with Crippen molar-refractivity contribution in [2.45, 2.75) is 19.9 Å². The Balaban J connectivity index is 2.13. The summed E-state index contributed by atoms with van der Waals surface area (Å²) in [5, 5.41) is 5.52. The molecule has 1 aromatic carbocycles. The second-order valence-electron chi connectivity index (χ2n) is 3.96. The summed E-state index contributed by atoms with van der Waals surface area (Å²) in [6, 6.07) is 6.24. The van der Waals surface area contributed by atoms with Crippen LogP contribution in [0, 0.1) is 6.92 Å². The van der Waals surface area contributed by atoms with Crippen molar-refractivity contribution in [3.8, 4) is 5.75 Å². The average Bonchev–Trinajstić information content (AvgIpc) is 2.85. The molecule has 17 heavy (non-hydrogen) atoms. The fourth-order valence-electron chi connectivity index (χ4n) is 1.67. The van der Waals surface area contributed by atoms with E-state index in [0.29, 0.717) is 0 Å². The maximum Gasteiger partial charge on any atom is 0.119 e. The summed E-state index contributed by atoms with van der Waals surface area (Å²) >= 11 is 1.62. The molecule has 0 fully saturated rings. The number of aromatic nitrogens is 1. The van der Waals surface area contributed by atoms with Gasteiger partial charge in [-0.15, -0.1) is 11.3 Å². The molecule has 1 unspecified atom stereocenters. The van der Waals surface area contributed by atoms with Crippen LogP contribution in [0.3, 0.4) is 0 Å². The van der Waals surface area contributed by atoms with E-state index < -0.39 is 0 Å². The largest absolute Gasteiger partial charge is 0.497 e. The Hall–Kier alpha value is -1.55. The molecule has 2 aromatic rings. The lowest BCUT2D eigenvalue weighted by Gasteiger charge is -2.15. The van der Waals surface area contributed by atoms with E-state index in [-0.39, 0.29) is 6.04 Å². The molecule has 0 saturated carbocycles. The van der Waals surface area contributed by atoms with Crippen molar-refractivity contribution < 1.29 is 4.74 Å². The molecule has 2 rings (SSSR count). The summed E-state index contributed by atoms with van der Waals surface area (Å²) in [6.07, 6.45) is 0. The van der Waals surface area contributed by atoms with Gasteiger partial charge < -0.3 is 10.1 Å². The molecule has 0 spiro atoms. The highest BCUT2D eigenvalue weighted by Crippen LogP contribution is 2.25. The Morgan fingerprint density at radius 2 is 2.24 bits per heavy atom. The van der Waals surface area contributed by atoms with Gasteiger partial charge in [-0.1, -0.05) is 0 Å². The van der Waals surface area contributed by atoms with Gasteiger partial charge in [-0.05, 0) is 37.6 Å². The third-order valence-corrected chi connectivity index (χ3v) is 3.31. The number of anilines is 1. The number of nitrogens with one attached hydrogen (secondary N) is 1. The third-order valence-electron chi connectivity index (χ3n) is 2.70. The molecule has 1 N–H and O–H groups in total. The first-order chi connectivity index (χ1) is 8.20. The van der Waals surface area contributed by atoms with Crippen LogP contribution >= 0.6 is 11.3 Å². The van der Waals surface area contributed by atoms with E-state index >= 15 is 0 Å². The highest BCUT2D eigenvalue weighted by Gasteiger charge is 2.08. The minimum Gasteiger partial charge on any atom is -0.497 e. The molecule has 1 aromatic heterocycles. The highest BCUT2D eigenvalue weighted by atomic mass is 32.1. The molecule has 1 atom stereocenters. The minimum absolute atomic E-state index is 0.216. The summed E-state index contributed by atoms with van der Waals surface area (Å²) in [6.45, 7) is 4.18. The molecule has 0 aliphatic carbocycles. The summed E-state index contributed by atoms with van der Waals surface area (Å²) in [7, 11) is 1.68. The van der Waals surface area contributed by atoms with Crippen LogP contribution in [0.15, 0.2) is 29.1 Å². The predicted octanol–water partition coefficient (Wildman–Crippen LogP) is 3.63. The normalized spacial score (nSPS) is 12.2. The number of methoxy groups -OCH3 is 1. The number of hydrogen-bond donors (Lipinski definition) is 1. The van der Waals surface area contributed by atoms with Crippen LogP contribution < -0.4 is 10.1 Å². The molecule has 4 heteroatoms. The zero-order chi connectivity index (χ0) is 12.3. The first-order valence-electron chi connectivity index (χ1n) is 5.50. The Morgan fingerprint density at radius 1 is 1.41 bits per heavy atom. The first-order valence-corrected chi connectivity index (χ1v) is 6.44. The van der Waals surface area contributed by atoms with Crippen LogP contribution in [0.1, 0.15) is 24.2 Å². The number of aryl methyl sites for hydroxylation is 1. The zero-order valence-electron chi connectivity index (χ0n) is 10.2. The molecule has 90 valence electrons. The van der Waals surface area contributed by atoms with Crippen molar-refractivity contribution in [3.63, 3.8) is 0 Å². The van der Waals surface area contributed by atoms with E-state index in [1.165, 1.54) is 5.56 Å². The van der Waals surface area contributed by atoms with Crippen LogP contribution in [-0.2, 0) is 0 Å². The number of nitrogens with zero attached hydrogens (tertiary/aromatic N) is 1. The van der Waals surface area contributed by atoms with Crippen LogP contribution in [0.25, 0.3) is 0 Å². The fraction of sp³-hybridized carbons (Fsp3) is 0.308. The maximum atomic E-state index is 5.19. The van der Waals surface area contributed by atoms with Crippen molar-refractivity contribution in [2.24, 2.45) is 0 Å². The summed E-state index contributed by atoms with van der Waals surface area (Å²) in [5.74, 6) is 0.884. The van der Waals surface area contributed by atoms with Crippen molar-refractivity contribution in [3.05, 3.63) is 40.3 Å². The van der Waals surface area contributed by atoms with Gasteiger partial charge in [-0.25, -0.2) is 4.98 Å². The average molecular weight is 248 g/mol. The van der Waals surface area contributed by atoms with E-state index in [4.69, 9.17) is 4.74 Å². The Morgan fingerprint density at radius 3 is 2.82 bits per heavy atom. The van der Waals surface area contributed by atoms with Gasteiger partial charge in [-0.2, -0.15) is 0 Å². The van der Waals surface area contributed by atoms with Crippen LogP contribution in [0.2, 0.25) is 0 Å². The molecule has 3 nitrogen and oxygen atoms in total. The van der Waals surface area contributed by atoms with Crippen LogP contribution in [0.5, 0.6) is 5.75 Å². The second kappa shape index (κ2) is 5.19. The molecular formula is C13H16N2OS. The van der Waals surface area contributed by atoms with E-state index in [1.54, 1.807) is 18.4 Å². The molecular weight excluding hydrogens is 232 g/mol. The Kier molecular flexibility index (Phi) is 3.64. The van der Waals surface area contributed by atoms with Crippen molar-refractivity contribution in [1.29, 1.82) is 0 Å². The smallest absolute Gasteiger partial charge is 0.119 e. The van der Waals surface area contributed by atoms with Crippen LogP contribution in [-0.4, -0.2) is 12.1 Å². The van der Waals surface area contributed by atoms with E-state index in [9.17, 15) is 0 Å². The van der Waals surface area contributed by atoms with Gasteiger partial charge in [0, 0.05) is 11.1 Å². The SMILES string of the molecule is COc1ccc(NC(C)c2cscn2)c(C)c1. The van der Waals surface area contributed by atoms with E-state index in [0.717, 1.165) is 17.1 Å². The summed E-state index contributed by atoms with van der Waals surface area (Å²) in [5.41, 5.74) is 5.22. The van der Waals surface area contributed by atoms with Crippen molar-refractivity contribution in [2.75, 3.05) is 12.4 Å². The molecule has 0 radical (unpaired) electrons. The minimum atomic E-state index is 0.216. The number of hydrogen-bond acceptors (Lipinski definition) is 4. The Bertz CT molecular complexity index is 482. The number of ether oxygens (including phenoxy) is 1. The van der Waals surface area contributed by atoms with Gasteiger partial charge in [0.15, 0.2) is 0 Å². The Labute approximate surface area is 105 Å². The number of thiazole rings is 1. The molecule has 0 saturated heterocycles. The number of rotatable bonds is 4. The van der Waals surface area contributed by atoms with Crippen LogP contribution in [0.4, 0.5) is 5.69 Å². The van der Waals surface area contributed by atoms with Crippen molar-refractivity contribution >= 4 is 17.0 Å². The zero-order valence-corrected chi connectivity index (χ0v) is 11.0. The highest BCUT2D eigenvalue weighted by molar-refractivity contribution is 7.07. The topological polar surface area (TPSA) is 34.1 Å². The monoisotopic (exact) mass is 248 g/mol. The molecule has 1 heterocycles. The summed E-state index contributed by atoms with van der Waals surface area (Å²) in [4.78, 5) is 4.31. The molecule has 0 aliphatic rings. The number of benzene rings is 1. The van der Waals surface area contributed by atoms with Gasteiger partial charge in [-0.3, -0.25) is 0 Å². The lowest BCUT2D eigenvalue weighted by Crippen LogP contribution is -2.07. The maximum absolute atomic E-state index is 5.19. The predicted molar refractivity (Wildman–Crippen MR) is 71.9 cm³/mol. The van der Waals surface area contributed by atoms with Gasteiger partial charge in [0.05, 0.1) is 24.4 Å². The van der Waals surface area contributed by atoms with Gasteiger partial charge in [0.25, 0.3) is 0 Å². The fourth-order valence-corrected chi connectivity index (χ4v) is 2.32. The van der Waals surface area contributed by atoms with E-state index in [2.05, 4.69) is 29.5 Å². The third kappa shape index (κ3) is 2.77. The van der Waals surface area contributed by atoms with E-state index in [1.807, 2.05) is 23.7 Å².